The average Bonchev–Trinajstić information content (AvgIpc) is 2.52. The second-order valence-electron chi connectivity index (χ2n) is 4.70. The fraction of sp³-hybridized carbons (Fsp3) is 0.118. The summed E-state index contributed by atoms with van der Waals surface area (Å²) in [4.78, 5) is 13.0. The molecule has 0 unspecified atom stereocenters. The van der Waals surface area contributed by atoms with Crippen molar-refractivity contribution in [2.45, 2.75) is 11.1 Å². The second kappa shape index (κ2) is 6.91. The number of ketones is 1. The molecular formula is C17H13F3O2S. The Morgan fingerprint density at radius 3 is 2.35 bits per heavy atom. The molecule has 0 saturated heterocycles. The Bertz CT molecular complexity index is 734. The lowest BCUT2D eigenvalue weighted by Gasteiger charge is -2.09. The zero-order chi connectivity index (χ0) is 17.0. The molecule has 0 aliphatic carbocycles. The zero-order valence-electron chi connectivity index (χ0n) is 12.1. The highest BCUT2D eigenvalue weighted by Gasteiger charge is 2.33. The van der Waals surface area contributed by atoms with Crippen molar-refractivity contribution in [3.63, 3.8) is 0 Å². The van der Waals surface area contributed by atoms with E-state index in [2.05, 4.69) is 0 Å². The third-order valence-electron chi connectivity index (χ3n) is 3.13. The maximum atomic E-state index is 12.7. The van der Waals surface area contributed by atoms with Crippen molar-refractivity contribution in [3.8, 4) is 5.75 Å². The molecule has 0 atom stereocenters. The van der Waals surface area contributed by atoms with Crippen molar-refractivity contribution in [2.75, 3.05) is 6.26 Å². The number of carbonyl (C=O) groups excluding carboxylic acids is 1. The topological polar surface area (TPSA) is 37.3 Å². The summed E-state index contributed by atoms with van der Waals surface area (Å²) < 4.78 is 38.1. The average molecular weight is 338 g/mol. The van der Waals surface area contributed by atoms with E-state index in [1.54, 1.807) is 36.0 Å². The normalized spacial score (nSPS) is 11.8. The standard InChI is InChI=1S/C17H13F3O2S/c1-23-13-6-4-12(5-7-13)15(21)8-2-11-3-9-16(22)14(10-11)17(18,19)20/h2-10,22H,1H3/b8-2+. The van der Waals surface area contributed by atoms with Gasteiger partial charge in [0.2, 0.25) is 0 Å². The lowest BCUT2D eigenvalue weighted by molar-refractivity contribution is -0.138. The quantitative estimate of drug-likeness (QED) is 0.483. The number of hydrogen-bond donors (Lipinski definition) is 1. The van der Waals surface area contributed by atoms with Crippen LogP contribution in [0.2, 0.25) is 0 Å². The SMILES string of the molecule is CSc1ccc(C(=O)/C=C/c2ccc(O)c(C(F)(F)F)c2)cc1. The number of phenolic OH excluding ortho intramolecular Hbond substituents is 1. The van der Waals surface area contributed by atoms with E-state index in [-0.39, 0.29) is 11.3 Å². The van der Waals surface area contributed by atoms with Gasteiger partial charge in [0.05, 0.1) is 5.56 Å². The summed E-state index contributed by atoms with van der Waals surface area (Å²) in [6.07, 6.45) is -0.231. The summed E-state index contributed by atoms with van der Waals surface area (Å²) in [6, 6.07) is 10.00. The van der Waals surface area contributed by atoms with E-state index in [0.717, 1.165) is 17.0 Å². The number of halogens is 3. The molecule has 0 aromatic heterocycles. The number of aromatic hydroxyl groups is 1. The molecule has 0 amide bonds. The zero-order valence-corrected chi connectivity index (χ0v) is 12.9. The van der Waals surface area contributed by atoms with Gasteiger partial charge >= 0.3 is 6.18 Å². The first-order valence-electron chi connectivity index (χ1n) is 6.58. The van der Waals surface area contributed by atoms with Gasteiger partial charge in [0.25, 0.3) is 0 Å². The minimum atomic E-state index is -4.65. The third-order valence-corrected chi connectivity index (χ3v) is 3.87. The largest absolute Gasteiger partial charge is 0.507 e. The molecule has 0 radical (unpaired) electrons. The third kappa shape index (κ3) is 4.39. The lowest BCUT2D eigenvalue weighted by atomic mass is 10.1. The molecular weight excluding hydrogens is 325 g/mol. The van der Waals surface area contributed by atoms with Crippen molar-refractivity contribution in [1.29, 1.82) is 0 Å². The number of alkyl halides is 3. The smallest absolute Gasteiger partial charge is 0.419 e. The van der Waals surface area contributed by atoms with E-state index in [1.165, 1.54) is 18.2 Å². The molecule has 2 nitrogen and oxygen atoms in total. The van der Waals surface area contributed by atoms with Crippen LogP contribution < -0.4 is 0 Å². The van der Waals surface area contributed by atoms with Crippen LogP contribution in [0.1, 0.15) is 21.5 Å². The van der Waals surface area contributed by atoms with Gasteiger partial charge < -0.3 is 5.11 Å². The summed E-state index contributed by atoms with van der Waals surface area (Å²) in [5, 5.41) is 9.26. The molecule has 0 bridgehead atoms. The highest BCUT2D eigenvalue weighted by Crippen LogP contribution is 2.36. The fourth-order valence-corrected chi connectivity index (χ4v) is 2.32. The number of allylic oxidation sites excluding steroid dienone is 1. The first-order valence-corrected chi connectivity index (χ1v) is 7.80. The molecule has 120 valence electrons. The van der Waals surface area contributed by atoms with Gasteiger partial charge in [-0.15, -0.1) is 11.8 Å². The molecule has 2 aromatic carbocycles. The van der Waals surface area contributed by atoms with Crippen LogP contribution in [0.4, 0.5) is 13.2 Å². The minimum absolute atomic E-state index is 0.184. The molecule has 0 spiro atoms. The van der Waals surface area contributed by atoms with E-state index >= 15 is 0 Å². The van der Waals surface area contributed by atoms with Gasteiger partial charge in [-0.25, -0.2) is 0 Å². The van der Waals surface area contributed by atoms with Crippen LogP contribution in [0.15, 0.2) is 53.4 Å². The van der Waals surface area contributed by atoms with Gasteiger partial charge in [-0.2, -0.15) is 13.2 Å². The van der Waals surface area contributed by atoms with Crippen LogP contribution in [0.25, 0.3) is 6.08 Å². The number of carbonyl (C=O) groups is 1. The number of benzene rings is 2. The molecule has 0 saturated carbocycles. The van der Waals surface area contributed by atoms with Crippen molar-refractivity contribution < 1.29 is 23.1 Å². The number of rotatable bonds is 4. The summed E-state index contributed by atoms with van der Waals surface area (Å²) in [5.74, 6) is -1.15. The number of thioether (sulfide) groups is 1. The molecule has 0 aliphatic rings. The van der Waals surface area contributed by atoms with E-state index in [9.17, 15) is 23.1 Å². The van der Waals surface area contributed by atoms with Gasteiger partial charge in [-0.05, 0) is 54.3 Å². The van der Waals surface area contributed by atoms with E-state index < -0.39 is 17.5 Å². The molecule has 23 heavy (non-hydrogen) atoms. The Labute approximate surface area is 135 Å². The van der Waals surface area contributed by atoms with E-state index in [0.29, 0.717) is 5.56 Å². The predicted molar refractivity (Wildman–Crippen MR) is 84.7 cm³/mol. The molecule has 0 heterocycles. The number of hydrogen-bond acceptors (Lipinski definition) is 3. The Hall–Kier alpha value is -2.21. The van der Waals surface area contributed by atoms with Crippen LogP contribution in [0.5, 0.6) is 5.75 Å². The Morgan fingerprint density at radius 2 is 1.78 bits per heavy atom. The summed E-state index contributed by atoms with van der Waals surface area (Å²) >= 11 is 1.55. The first-order chi connectivity index (χ1) is 10.8. The Balaban J connectivity index is 2.20. The molecule has 6 heteroatoms. The van der Waals surface area contributed by atoms with Gasteiger partial charge in [0.15, 0.2) is 5.78 Å². The van der Waals surface area contributed by atoms with Crippen LogP contribution in [0.3, 0.4) is 0 Å². The van der Waals surface area contributed by atoms with Crippen molar-refractivity contribution in [1.82, 2.24) is 0 Å². The molecule has 0 fully saturated rings. The van der Waals surface area contributed by atoms with E-state index in [1.807, 2.05) is 6.26 Å². The van der Waals surface area contributed by atoms with Crippen molar-refractivity contribution in [3.05, 3.63) is 65.2 Å². The van der Waals surface area contributed by atoms with Gasteiger partial charge in [0.1, 0.15) is 5.75 Å². The minimum Gasteiger partial charge on any atom is -0.507 e. The van der Waals surface area contributed by atoms with Crippen LogP contribution in [-0.2, 0) is 6.18 Å². The van der Waals surface area contributed by atoms with E-state index in [4.69, 9.17) is 0 Å². The van der Waals surface area contributed by atoms with Crippen LogP contribution in [0, 0.1) is 0 Å². The van der Waals surface area contributed by atoms with Crippen molar-refractivity contribution >= 4 is 23.6 Å². The summed E-state index contributed by atoms with van der Waals surface area (Å²) in [5.41, 5.74) is -0.491. The highest BCUT2D eigenvalue weighted by molar-refractivity contribution is 7.98. The Morgan fingerprint density at radius 1 is 1.13 bits per heavy atom. The van der Waals surface area contributed by atoms with Crippen LogP contribution >= 0.6 is 11.8 Å². The van der Waals surface area contributed by atoms with Gasteiger partial charge in [0, 0.05) is 10.5 Å². The fourth-order valence-electron chi connectivity index (χ4n) is 1.91. The lowest BCUT2D eigenvalue weighted by Crippen LogP contribution is -2.05. The molecule has 2 rings (SSSR count). The number of phenols is 1. The summed E-state index contributed by atoms with van der Waals surface area (Å²) in [6.45, 7) is 0. The second-order valence-corrected chi connectivity index (χ2v) is 5.58. The maximum Gasteiger partial charge on any atom is 0.419 e. The monoisotopic (exact) mass is 338 g/mol. The first kappa shape index (κ1) is 17.1. The Kier molecular flexibility index (Phi) is 5.15. The van der Waals surface area contributed by atoms with Gasteiger partial charge in [-0.3, -0.25) is 4.79 Å². The molecule has 0 aliphatic heterocycles. The van der Waals surface area contributed by atoms with Gasteiger partial charge in [-0.1, -0.05) is 12.1 Å². The summed E-state index contributed by atoms with van der Waals surface area (Å²) in [7, 11) is 0. The van der Waals surface area contributed by atoms with Crippen LogP contribution in [-0.4, -0.2) is 17.1 Å². The molecule has 1 N–H and O–H groups in total. The highest BCUT2D eigenvalue weighted by atomic mass is 32.2. The van der Waals surface area contributed by atoms with Crippen molar-refractivity contribution in [2.24, 2.45) is 0 Å². The molecule has 2 aromatic rings. The predicted octanol–water partition coefficient (Wildman–Crippen LogP) is 5.03. The maximum absolute atomic E-state index is 12.7.